The topological polar surface area (TPSA) is 54.4 Å². The molecule has 0 saturated carbocycles. The summed E-state index contributed by atoms with van der Waals surface area (Å²) in [4.78, 5) is 9.86. The summed E-state index contributed by atoms with van der Waals surface area (Å²) in [5, 5.41) is 8.08. The van der Waals surface area contributed by atoms with Gasteiger partial charge in [-0.1, -0.05) is 6.08 Å². The fourth-order valence-electron chi connectivity index (χ4n) is 0.328. The first-order chi connectivity index (χ1) is 4.16. The van der Waals surface area contributed by atoms with E-state index in [4.69, 9.17) is 5.11 Å². The Kier molecular flexibility index (Phi) is 3.96. The van der Waals surface area contributed by atoms with E-state index < -0.39 is 16.8 Å². The van der Waals surface area contributed by atoms with Gasteiger partial charge >= 0.3 is 5.97 Å². The first kappa shape index (κ1) is 8.36. The zero-order valence-electron chi connectivity index (χ0n) is 4.87. The third kappa shape index (κ3) is 5.23. The average Bonchev–Trinajstić information content (AvgIpc) is 1.63. The van der Waals surface area contributed by atoms with Crippen LogP contribution in [0.4, 0.5) is 0 Å². The van der Waals surface area contributed by atoms with E-state index in [2.05, 4.69) is 6.58 Å². The molecular formula is C5H8O3S. The van der Waals surface area contributed by atoms with E-state index in [9.17, 15) is 9.00 Å². The van der Waals surface area contributed by atoms with E-state index in [1.54, 1.807) is 0 Å². The maximum atomic E-state index is 10.5. The smallest absolute Gasteiger partial charge is 0.316 e. The van der Waals surface area contributed by atoms with Crippen molar-refractivity contribution in [1.29, 1.82) is 0 Å². The number of carbonyl (C=O) groups is 1. The van der Waals surface area contributed by atoms with Gasteiger partial charge in [-0.2, -0.15) is 0 Å². The zero-order valence-corrected chi connectivity index (χ0v) is 5.69. The van der Waals surface area contributed by atoms with Gasteiger partial charge in [0.05, 0.1) is 0 Å². The van der Waals surface area contributed by atoms with Gasteiger partial charge in [0.25, 0.3) is 0 Å². The van der Waals surface area contributed by atoms with Crippen LogP contribution in [-0.4, -0.2) is 26.8 Å². The van der Waals surface area contributed by atoms with Crippen molar-refractivity contribution in [2.24, 2.45) is 0 Å². The molecule has 0 aliphatic carbocycles. The van der Waals surface area contributed by atoms with Crippen molar-refractivity contribution in [1.82, 2.24) is 0 Å². The SMILES string of the molecule is C=CCS(=O)CC(=O)O. The molecule has 52 valence electrons. The van der Waals surface area contributed by atoms with Crippen molar-refractivity contribution < 1.29 is 14.1 Å². The van der Waals surface area contributed by atoms with Crippen molar-refractivity contribution in [3.05, 3.63) is 12.7 Å². The summed E-state index contributed by atoms with van der Waals surface area (Å²) >= 11 is 0. The van der Waals surface area contributed by atoms with Gasteiger partial charge in [-0.25, -0.2) is 0 Å². The molecule has 0 amide bonds. The average molecular weight is 148 g/mol. The third-order valence-electron chi connectivity index (χ3n) is 0.588. The van der Waals surface area contributed by atoms with E-state index in [0.29, 0.717) is 0 Å². The molecule has 0 aromatic rings. The summed E-state index contributed by atoms with van der Waals surface area (Å²) < 4.78 is 10.5. The Morgan fingerprint density at radius 1 is 1.78 bits per heavy atom. The number of carboxylic acid groups (broad SMARTS) is 1. The highest BCUT2D eigenvalue weighted by Crippen LogP contribution is 1.81. The molecule has 0 bridgehead atoms. The van der Waals surface area contributed by atoms with Crippen LogP contribution in [0.15, 0.2) is 12.7 Å². The monoisotopic (exact) mass is 148 g/mol. The van der Waals surface area contributed by atoms with Gasteiger partial charge in [-0.3, -0.25) is 9.00 Å². The second-order valence-electron chi connectivity index (χ2n) is 1.43. The van der Waals surface area contributed by atoms with Crippen LogP contribution in [0.1, 0.15) is 0 Å². The lowest BCUT2D eigenvalue weighted by atomic mass is 10.8. The van der Waals surface area contributed by atoms with Gasteiger partial charge in [-0.15, -0.1) is 6.58 Å². The molecule has 1 unspecified atom stereocenters. The summed E-state index contributed by atoms with van der Waals surface area (Å²) in [7, 11) is -1.27. The third-order valence-corrected chi connectivity index (χ3v) is 1.76. The molecule has 0 radical (unpaired) electrons. The summed E-state index contributed by atoms with van der Waals surface area (Å²) in [6.45, 7) is 3.32. The van der Waals surface area contributed by atoms with Gasteiger partial charge in [-0.05, 0) is 0 Å². The normalized spacial score (nSPS) is 12.4. The molecule has 1 atom stereocenters. The summed E-state index contributed by atoms with van der Waals surface area (Å²) in [5.74, 6) is -1.06. The van der Waals surface area contributed by atoms with Crippen molar-refractivity contribution in [3.63, 3.8) is 0 Å². The number of hydrogen-bond donors (Lipinski definition) is 1. The fourth-order valence-corrected chi connectivity index (χ4v) is 0.984. The largest absolute Gasteiger partial charge is 0.481 e. The molecule has 0 aliphatic rings. The Bertz CT molecular complexity index is 141. The van der Waals surface area contributed by atoms with Crippen molar-refractivity contribution in [3.8, 4) is 0 Å². The molecule has 1 N–H and O–H groups in total. The lowest BCUT2D eigenvalue weighted by molar-refractivity contribution is -0.133. The second-order valence-corrected chi connectivity index (χ2v) is 2.93. The number of aliphatic carboxylic acids is 1. The minimum absolute atomic E-state index is 0.256. The Labute approximate surface area is 55.8 Å². The van der Waals surface area contributed by atoms with Crippen LogP contribution >= 0.6 is 0 Å². The first-order valence-corrected chi connectivity index (χ1v) is 3.83. The van der Waals surface area contributed by atoms with E-state index >= 15 is 0 Å². The van der Waals surface area contributed by atoms with Crippen LogP contribution in [0.3, 0.4) is 0 Å². The quantitative estimate of drug-likeness (QED) is 0.571. The minimum atomic E-state index is -1.27. The molecule has 9 heavy (non-hydrogen) atoms. The number of carboxylic acids is 1. The van der Waals surface area contributed by atoms with Crippen molar-refractivity contribution in [2.75, 3.05) is 11.5 Å². The number of rotatable bonds is 4. The molecule has 0 spiro atoms. The molecule has 0 saturated heterocycles. The van der Waals surface area contributed by atoms with Crippen LogP contribution in [0.25, 0.3) is 0 Å². The van der Waals surface area contributed by atoms with Gasteiger partial charge in [0.15, 0.2) is 0 Å². The molecule has 4 heteroatoms. The Hall–Kier alpha value is -0.640. The minimum Gasteiger partial charge on any atom is -0.481 e. The van der Waals surface area contributed by atoms with Crippen LogP contribution in [0, 0.1) is 0 Å². The molecule has 0 aliphatic heterocycles. The molecular weight excluding hydrogens is 140 g/mol. The van der Waals surface area contributed by atoms with E-state index in [1.165, 1.54) is 6.08 Å². The van der Waals surface area contributed by atoms with Crippen LogP contribution < -0.4 is 0 Å². The standard InChI is InChI=1S/C5H8O3S/c1-2-3-9(8)4-5(6)7/h2H,1,3-4H2,(H,6,7). The zero-order chi connectivity index (χ0) is 7.28. The van der Waals surface area contributed by atoms with Crippen LogP contribution in [-0.2, 0) is 15.6 Å². The molecule has 0 rings (SSSR count). The summed E-state index contributed by atoms with van der Waals surface area (Å²) in [6, 6.07) is 0. The maximum absolute atomic E-state index is 10.5. The highest BCUT2D eigenvalue weighted by atomic mass is 32.2. The molecule has 3 nitrogen and oxygen atoms in total. The molecule has 0 fully saturated rings. The second kappa shape index (κ2) is 4.26. The predicted octanol–water partition coefficient (Wildman–Crippen LogP) is 0.00570. The highest BCUT2D eigenvalue weighted by Gasteiger charge is 2.01. The summed E-state index contributed by atoms with van der Waals surface area (Å²) in [5.41, 5.74) is 0. The predicted molar refractivity (Wildman–Crippen MR) is 35.7 cm³/mol. The van der Waals surface area contributed by atoms with Crippen molar-refractivity contribution >= 4 is 16.8 Å². The molecule has 0 heterocycles. The Balaban J connectivity index is 3.50. The lowest BCUT2D eigenvalue weighted by Gasteiger charge is -1.89. The maximum Gasteiger partial charge on any atom is 0.316 e. The van der Waals surface area contributed by atoms with E-state index in [0.717, 1.165) is 0 Å². The van der Waals surface area contributed by atoms with Crippen LogP contribution in [0.5, 0.6) is 0 Å². The number of hydrogen-bond acceptors (Lipinski definition) is 2. The van der Waals surface area contributed by atoms with Gasteiger partial charge in [0, 0.05) is 16.6 Å². The van der Waals surface area contributed by atoms with Gasteiger partial charge < -0.3 is 5.11 Å². The Morgan fingerprint density at radius 2 is 2.33 bits per heavy atom. The summed E-state index contributed by atoms with van der Waals surface area (Å²) in [6.07, 6.45) is 1.44. The van der Waals surface area contributed by atoms with Crippen molar-refractivity contribution in [2.45, 2.75) is 0 Å². The van der Waals surface area contributed by atoms with Crippen LogP contribution in [0.2, 0.25) is 0 Å². The van der Waals surface area contributed by atoms with Gasteiger partial charge in [0.2, 0.25) is 0 Å². The first-order valence-electron chi connectivity index (χ1n) is 2.34. The Morgan fingerprint density at radius 3 is 2.67 bits per heavy atom. The highest BCUT2D eigenvalue weighted by molar-refractivity contribution is 7.85. The molecule has 0 aromatic heterocycles. The van der Waals surface area contributed by atoms with E-state index in [1.807, 2.05) is 0 Å². The van der Waals surface area contributed by atoms with E-state index in [-0.39, 0.29) is 11.5 Å². The lowest BCUT2D eigenvalue weighted by Crippen LogP contribution is -2.10. The fraction of sp³-hybridized carbons (Fsp3) is 0.400. The molecule has 0 aromatic carbocycles. The van der Waals surface area contributed by atoms with Gasteiger partial charge in [0.1, 0.15) is 5.75 Å².